The number of hydrogen-bond donors (Lipinski definition) is 0. The fourth-order valence-corrected chi connectivity index (χ4v) is 7.00. The molecule has 194 valence electrons. The van der Waals surface area contributed by atoms with Crippen LogP contribution in [0.3, 0.4) is 0 Å². The van der Waals surface area contributed by atoms with E-state index in [2.05, 4.69) is 158 Å². The summed E-state index contributed by atoms with van der Waals surface area (Å²) in [5.74, 6) is 0. The molecule has 0 spiro atoms. The van der Waals surface area contributed by atoms with E-state index in [1.54, 1.807) is 0 Å². The van der Waals surface area contributed by atoms with E-state index in [9.17, 15) is 0 Å². The minimum Gasteiger partial charge on any atom is -0.0616 e. The summed E-state index contributed by atoms with van der Waals surface area (Å²) in [6, 6.07) is 58.3. The Hall–Kier alpha value is -5.46. The summed E-state index contributed by atoms with van der Waals surface area (Å²) >= 11 is 0. The van der Waals surface area contributed by atoms with Gasteiger partial charge in [0.25, 0.3) is 0 Å². The summed E-state index contributed by atoms with van der Waals surface area (Å²) in [5, 5.41) is 15.3. The van der Waals surface area contributed by atoms with Crippen LogP contribution >= 0.6 is 0 Å². The van der Waals surface area contributed by atoms with Crippen molar-refractivity contribution in [1.82, 2.24) is 0 Å². The molecule has 0 N–H and O–H groups in total. The summed E-state index contributed by atoms with van der Waals surface area (Å²) in [4.78, 5) is 0. The minimum atomic E-state index is 1.26. The monoisotopic (exact) mass is 530 g/mol. The Morgan fingerprint density at radius 1 is 0.238 bits per heavy atom. The largest absolute Gasteiger partial charge is 0.0616 e. The lowest BCUT2D eigenvalue weighted by Crippen LogP contribution is -1.92. The van der Waals surface area contributed by atoms with Gasteiger partial charge in [-0.25, -0.2) is 0 Å². The molecule has 0 nitrogen and oxygen atoms in total. The van der Waals surface area contributed by atoms with Crippen LogP contribution in [0.5, 0.6) is 0 Å². The van der Waals surface area contributed by atoms with E-state index < -0.39 is 0 Å². The van der Waals surface area contributed by atoms with Gasteiger partial charge in [0.2, 0.25) is 0 Å². The Morgan fingerprint density at radius 3 is 1.48 bits per heavy atom. The molecule has 0 unspecified atom stereocenters. The fraction of sp³-hybridized carbons (Fsp3) is 0. The zero-order valence-electron chi connectivity index (χ0n) is 23.0. The van der Waals surface area contributed by atoms with E-state index in [0.717, 1.165) is 0 Å². The van der Waals surface area contributed by atoms with Gasteiger partial charge in [-0.2, -0.15) is 0 Å². The minimum absolute atomic E-state index is 1.26. The Morgan fingerprint density at radius 2 is 0.738 bits per heavy atom. The standard InChI is InChI=1S/C42H26/c1-3-12-31-25-39-33(23-29(31)10-1)20-19-28-15-8-18-38(41(28)39)42-37(36-17-7-14-27-9-5-6-16-35(27)36)22-21-34-24-30-11-2-4-13-32(30)26-40(34)42/h1-26H. The van der Waals surface area contributed by atoms with Crippen molar-refractivity contribution in [3.8, 4) is 22.3 Å². The van der Waals surface area contributed by atoms with Crippen molar-refractivity contribution < 1.29 is 0 Å². The molecule has 0 aliphatic carbocycles. The first kappa shape index (κ1) is 23.3. The van der Waals surface area contributed by atoms with Gasteiger partial charge in [-0.3, -0.25) is 0 Å². The molecule has 42 heavy (non-hydrogen) atoms. The van der Waals surface area contributed by atoms with Crippen LogP contribution in [0, 0.1) is 0 Å². The Balaban J connectivity index is 1.48. The SMILES string of the molecule is c1ccc2cc3c(-c4cccc5ccc6cc7ccccc7cc6c45)c(-c4cccc5ccccc45)ccc3cc2c1. The molecule has 0 bridgehead atoms. The van der Waals surface area contributed by atoms with Crippen molar-refractivity contribution in [2.45, 2.75) is 0 Å². The third-order valence-electron chi connectivity index (χ3n) is 8.96. The predicted octanol–water partition coefficient (Wildman–Crippen LogP) is 11.9. The Kier molecular flexibility index (Phi) is 5.00. The van der Waals surface area contributed by atoms with Crippen molar-refractivity contribution in [3.63, 3.8) is 0 Å². The smallest absolute Gasteiger partial charge is 0.00199 e. The van der Waals surface area contributed by atoms with Gasteiger partial charge >= 0.3 is 0 Å². The van der Waals surface area contributed by atoms with Crippen molar-refractivity contribution in [1.29, 1.82) is 0 Å². The molecule has 0 radical (unpaired) electrons. The zero-order chi connectivity index (χ0) is 27.6. The molecule has 0 saturated heterocycles. The third-order valence-corrected chi connectivity index (χ3v) is 8.96. The highest BCUT2D eigenvalue weighted by molar-refractivity contribution is 6.22. The van der Waals surface area contributed by atoms with Gasteiger partial charge in [0, 0.05) is 0 Å². The first-order chi connectivity index (χ1) is 20.8. The van der Waals surface area contributed by atoms with E-state index in [-0.39, 0.29) is 0 Å². The lowest BCUT2D eigenvalue weighted by Gasteiger charge is -2.19. The van der Waals surface area contributed by atoms with Gasteiger partial charge in [0.05, 0.1) is 0 Å². The number of benzene rings is 9. The van der Waals surface area contributed by atoms with E-state index in [1.807, 2.05) is 0 Å². The first-order valence-corrected chi connectivity index (χ1v) is 14.6. The van der Waals surface area contributed by atoms with Crippen molar-refractivity contribution in [2.75, 3.05) is 0 Å². The van der Waals surface area contributed by atoms with Crippen LogP contribution in [0.4, 0.5) is 0 Å². The van der Waals surface area contributed by atoms with Crippen LogP contribution < -0.4 is 0 Å². The lowest BCUT2D eigenvalue weighted by molar-refractivity contribution is 1.66. The van der Waals surface area contributed by atoms with Crippen LogP contribution in [0.2, 0.25) is 0 Å². The predicted molar refractivity (Wildman–Crippen MR) is 182 cm³/mol. The molecule has 0 heterocycles. The van der Waals surface area contributed by atoms with E-state index in [1.165, 1.54) is 86.9 Å². The number of rotatable bonds is 2. The van der Waals surface area contributed by atoms with Gasteiger partial charge in [-0.05, 0) is 111 Å². The molecule has 9 rings (SSSR count). The van der Waals surface area contributed by atoms with Crippen LogP contribution in [-0.2, 0) is 0 Å². The molecular weight excluding hydrogens is 504 g/mol. The van der Waals surface area contributed by atoms with E-state index in [0.29, 0.717) is 0 Å². The highest BCUT2D eigenvalue weighted by atomic mass is 14.2. The molecule has 0 saturated carbocycles. The van der Waals surface area contributed by atoms with E-state index in [4.69, 9.17) is 0 Å². The van der Waals surface area contributed by atoms with Crippen molar-refractivity contribution in [2.24, 2.45) is 0 Å². The molecule has 0 atom stereocenters. The lowest BCUT2D eigenvalue weighted by atomic mass is 9.84. The second-order valence-electron chi connectivity index (χ2n) is 11.3. The van der Waals surface area contributed by atoms with Gasteiger partial charge in [0.1, 0.15) is 0 Å². The normalized spacial score (nSPS) is 11.8. The van der Waals surface area contributed by atoms with Crippen LogP contribution in [0.25, 0.3) is 86.9 Å². The van der Waals surface area contributed by atoms with Crippen LogP contribution in [0.15, 0.2) is 158 Å². The second-order valence-corrected chi connectivity index (χ2v) is 11.3. The molecule has 9 aromatic rings. The maximum Gasteiger partial charge on any atom is -0.00199 e. The highest BCUT2D eigenvalue weighted by Crippen LogP contribution is 2.45. The summed E-state index contributed by atoms with van der Waals surface area (Å²) in [7, 11) is 0. The molecule has 0 heteroatoms. The van der Waals surface area contributed by atoms with Crippen molar-refractivity contribution >= 4 is 64.6 Å². The molecule has 9 aromatic carbocycles. The molecular formula is C42H26. The average Bonchev–Trinajstić information content (AvgIpc) is 3.05. The average molecular weight is 531 g/mol. The van der Waals surface area contributed by atoms with Crippen LogP contribution in [0.1, 0.15) is 0 Å². The molecule has 0 aliphatic rings. The summed E-state index contributed by atoms with van der Waals surface area (Å²) < 4.78 is 0. The summed E-state index contributed by atoms with van der Waals surface area (Å²) in [5.41, 5.74) is 5.10. The quantitative estimate of drug-likeness (QED) is 0.154. The molecule has 0 amide bonds. The highest BCUT2D eigenvalue weighted by Gasteiger charge is 2.18. The molecule has 0 fully saturated rings. The third kappa shape index (κ3) is 3.49. The fourth-order valence-electron chi connectivity index (χ4n) is 7.00. The van der Waals surface area contributed by atoms with Gasteiger partial charge < -0.3 is 0 Å². The summed E-state index contributed by atoms with van der Waals surface area (Å²) in [6.07, 6.45) is 0. The van der Waals surface area contributed by atoms with Gasteiger partial charge in [0.15, 0.2) is 0 Å². The Labute approximate surface area is 244 Å². The maximum atomic E-state index is 2.40. The first-order valence-electron chi connectivity index (χ1n) is 14.6. The summed E-state index contributed by atoms with van der Waals surface area (Å²) in [6.45, 7) is 0. The second kappa shape index (κ2) is 9.03. The molecule has 0 aromatic heterocycles. The maximum absolute atomic E-state index is 2.40. The topological polar surface area (TPSA) is 0 Å². The Bertz CT molecular complexity index is 2510. The molecule has 0 aliphatic heterocycles. The number of fused-ring (bicyclic) bond motifs is 7. The zero-order valence-corrected chi connectivity index (χ0v) is 23.0. The number of hydrogen-bond acceptors (Lipinski definition) is 0. The van der Waals surface area contributed by atoms with Gasteiger partial charge in [-0.15, -0.1) is 0 Å². The van der Waals surface area contributed by atoms with Crippen LogP contribution in [-0.4, -0.2) is 0 Å². The van der Waals surface area contributed by atoms with Gasteiger partial charge in [-0.1, -0.05) is 133 Å². The van der Waals surface area contributed by atoms with Crippen molar-refractivity contribution in [3.05, 3.63) is 158 Å². The van der Waals surface area contributed by atoms with E-state index >= 15 is 0 Å².